The van der Waals surface area contributed by atoms with E-state index in [1.807, 2.05) is 60.7 Å². The summed E-state index contributed by atoms with van der Waals surface area (Å²) in [7, 11) is -2.45. The molecule has 0 radical (unpaired) electrons. The molecule has 3 aromatic carbocycles. The first-order valence-corrected chi connectivity index (χ1v) is 8.91. The molecular weight excluding hydrogens is 322 g/mol. The molecule has 5 heteroatoms. The topological polar surface area (TPSA) is 69.4 Å². The van der Waals surface area contributed by atoms with Crippen LogP contribution in [0.5, 0.6) is 5.75 Å². The molecule has 3 rings (SSSR count). The summed E-state index contributed by atoms with van der Waals surface area (Å²) in [6, 6.07) is 22.5. The lowest BCUT2D eigenvalue weighted by molar-refractivity contribution is 0.404. The molecule has 0 spiro atoms. The summed E-state index contributed by atoms with van der Waals surface area (Å²) in [6.07, 6.45) is 0. The van der Waals surface area contributed by atoms with Gasteiger partial charge in [0, 0.05) is 5.56 Å². The molecule has 0 aliphatic rings. The molecule has 0 amide bonds. The van der Waals surface area contributed by atoms with Crippen molar-refractivity contribution in [2.24, 2.45) is 5.14 Å². The highest BCUT2D eigenvalue weighted by molar-refractivity contribution is 7.89. The Hall–Kier alpha value is -2.63. The Morgan fingerprint density at radius 2 is 1.33 bits per heavy atom. The number of methoxy groups -OCH3 is 1. The second kappa shape index (κ2) is 6.47. The van der Waals surface area contributed by atoms with Crippen molar-refractivity contribution >= 4 is 10.0 Å². The van der Waals surface area contributed by atoms with E-state index >= 15 is 0 Å². The standard InChI is InChI=1S/C19H17NO3S/c1-23-19-17(24(20,21)22)13-12-16(14-8-4-2-5-9-14)18(19)15-10-6-3-7-11-15/h2-13H,1H3,(H2,20,21,22). The summed E-state index contributed by atoms with van der Waals surface area (Å²) in [6.45, 7) is 0. The number of hydrogen-bond donors (Lipinski definition) is 1. The van der Waals surface area contributed by atoms with Gasteiger partial charge in [-0.15, -0.1) is 0 Å². The Balaban J connectivity index is 2.40. The first kappa shape index (κ1) is 16.2. The maximum Gasteiger partial charge on any atom is 0.241 e. The van der Waals surface area contributed by atoms with Crippen LogP contribution in [-0.2, 0) is 10.0 Å². The van der Waals surface area contributed by atoms with E-state index in [1.54, 1.807) is 6.07 Å². The Kier molecular flexibility index (Phi) is 4.38. The Morgan fingerprint density at radius 1 is 0.792 bits per heavy atom. The molecule has 0 saturated carbocycles. The number of hydrogen-bond acceptors (Lipinski definition) is 3. The van der Waals surface area contributed by atoms with Crippen molar-refractivity contribution in [1.29, 1.82) is 0 Å². The number of primary sulfonamides is 1. The second-order valence-electron chi connectivity index (χ2n) is 5.30. The van der Waals surface area contributed by atoms with Crippen molar-refractivity contribution in [2.45, 2.75) is 4.90 Å². The van der Waals surface area contributed by atoms with Gasteiger partial charge in [-0.3, -0.25) is 0 Å². The molecule has 0 aliphatic carbocycles. The highest BCUT2D eigenvalue weighted by Crippen LogP contribution is 2.42. The average Bonchev–Trinajstić information content (AvgIpc) is 2.61. The van der Waals surface area contributed by atoms with Crippen LogP contribution in [0.1, 0.15) is 0 Å². The predicted octanol–water partition coefficient (Wildman–Crippen LogP) is 3.68. The fraction of sp³-hybridized carbons (Fsp3) is 0.0526. The van der Waals surface area contributed by atoms with Crippen LogP contribution >= 0.6 is 0 Å². The molecule has 0 heterocycles. The van der Waals surface area contributed by atoms with E-state index < -0.39 is 10.0 Å². The first-order valence-electron chi connectivity index (χ1n) is 7.37. The van der Waals surface area contributed by atoms with Crippen LogP contribution in [0, 0.1) is 0 Å². The van der Waals surface area contributed by atoms with E-state index in [2.05, 4.69) is 0 Å². The van der Waals surface area contributed by atoms with E-state index in [4.69, 9.17) is 9.88 Å². The molecule has 3 aromatic rings. The van der Waals surface area contributed by atoms with Gasteiger partial charge in [0.05, 0.1) is 7.11 Å². The molecule has 24 heavy (non-hydrogen) atoms. The number of rotatable bonds is 4. The minimum absolute atomic E-state index is 0.0245. The Labute approximate surface area is 141 Å². The van der Waals surface area contributed by atoms with Crippen LogP contribution in [0.25, 0.3) is 22.3 Å². The average molecular weight is 339 g/mol. The predicted molar refractivity (Wildman–Crippen MR) is 95.2 cm³/mol. The fourth-order valence-corrected chi connectivity index (χ4v) is 3.44. The van der Waals surface area contributed by atoms with Gasteiger partial charge in [-0.25, -0.2) is 13.6 Å². The largest absolute Gasteiger partial charge is 0.495 e. The lowest BCUT2D eigenvalue weighted by Gasteiger charge is -2.17. The summed E-state index contributed by atoms with van der Waals surface area (Å²) in [4.78, 5) is -0.0245. The molecule has 0 atom stereocenters. The SMILES string of the molecule is COc1c(S(N)(=O)=O)ccc(-c2ccccc2)c1-c1ccccc1. The zero-order valence-electron chi connectivity index (χ0n) is 13.1. The third-order valence-electron chi connectivity index (χ3n) is 3.78. The van der Waals surface area contributed by atoms with Gasteiger partial charge in [-0.2, -0.15) is 0 Å². The van der Waals surface area contributed by atoms with Crippen LogP contribution in [-0.4, -0.2) is 15.5 Å². The van der Waals surface area contributed by atoms with Gasteiger partial charge in [0.1, 0.15) is 10.6 Å². The van der Waals surface area contributed by atoms with Crippen molar-refractivity contribution in [3.8, 4) is 28.0 Å². The molecule has 122 valence electrons. The van der Waals surface area contributed by atoms with Gasteiger partial charge in [0.15, 0.2) is 0 Å². The van der Waals surface area contributed by atoms with E-state index in [0.717, 1.165) is 16.7 Å². The van der Waals surface area contributed by atoms with Crippen LogP contribution in [0.15, 0.2) is 77.7 Å². The van der Waals surface area contributed by atoms with E-state index in [1.165, 1.54) is 13.2 Å². The molecule has 0 unspecified atom stereocenters. The van der Waals surface area contributed by atoms with Gasteiger partial charge in [-0.05, 0) is 22.8 Å². The van der Waals surface area contributed by atoms with E-state index in [-0.39, 0.29) is 10.6 Å². The Bertz CT molecular complexity index is 953. The normalized spacial score (nSPS) is 11.2. The molecule has 2 N–H and O–H groups in total. The molecular formula is C19H17NO3S. The quantitative estimate of drug-likeness (QED) is 0.788. The van der Waals surface area contributed by atoms with Gasteiger partial charge in [0.25, 0.3) is 0 Å². The number of benzene rings is 3. The first-order chi connectivity index (χ1) is 11.5. The van der Waals surface area contributed by atoms with Crippen molar-refractivity contribution in [3.63, 3.8) is 0 Å². The van der Waals surface area contributed by atoms with Crippen molar-refractivity contribution in [1.82, 2.24) is 0 Å². The zero-order valence-corrected chi connectivity index (χ0v) is 14.0. The fourth-order valence-electron chi connectivity index (χ4n) is 2.74. The van der Waals surface area contributed by atoms with Gasteiger partial charge in [0.2, 0.25) is 10.0 Å². The molecule has 0 fully saturated rings. The van der Waals surface area contributed by atoms with Crippen LogP contribution < -0.4 is 9.88 Å². The molecule has 0 aromatic heterocycles. The molecule has 0 aliphatic heterocycles. The minimum Gasteiger partial charge on any atom is -0.495 e. The van der Waals surface area contributed by atoms with Crippen LogP contribution in [0.4, 0.5) is 0 Å². The summed E-state index contributed by atoms with van der Waals surface area (Å²) in [5.41, 5.74) is 3.41. The number of nitrogens with two attached hydrogens (primary N) is 1. The number of sulfonamides is 1. The maximum atomic E-state index is 11.9. The van der Waals surface area contributed by atoms with Crippen LogP contribution in [0.3, 0.4) is 0 Å². The summed E-state index contributed by atoms with van der Waals surface area (Å²) in [5, 5.41) is 5.36. The van der Waals surface area contributed by atoms with Crippen molar-refractivity contribution in [3.05, 3.63) is 72.8 Å². The maximum absolute atomic E-state index is 11.9. The lowest BCUT2D eigenvalue weighted by atomic mass is 9.93. The molecule has 0 bridgehead atoms. The smallest absolute Gasteiger partial charge is 0.241 e. The van der Waals surface area contributed by atoms with Gasteiger partial charge < -0.3 is 4.74 Å². The summed E-state index contributed by atoms with van der Waals surface area (Å²) >= 11 is 0. The third kappa shape index (κ3) is 3.04. The molecule has 4 nitrogen and oxygen atoms in total. The van der Waals surface area contributed by atoms with Gasteiger partial charge in [-0.1, -0.05) is 66.7 Å². The van der Waals surface area contributed by atoms with Crippen molar-refractivity contribution in [2.75, 3.05) is 7.11 Å². The van der Waals surface area contributed by atoms with E-state index in [9.17, 15) is 8.42 Å². The lowest BCUT2D eigenvalue weighted by Crippen LogP contribution is -2.14. The van der Waals surface area contributed by atoms with E-state index in [0.29, 0.717) is 5.56 Å². The zero-order chi connectivity index (χ0) is 17.2. The monoisotopic (exact) mass is 339 g/mol. The third-order valence-corrected chi connectivity index (χ3v) is 4.71. The Morgan fingerprint density at radius 3 is 1.83 bits per heavy atom. The second-order valence-corrected chi connectivity index (χ2v) is 6.83. The van der Waals surface area contributed by atoms with Crippen LogP contribution in [0.2, 0.25) is 0 Å². The minimum atomic E-state index is -3.90. The van der Waals surface area contributed by atoms with Crippen molar-refractivity contribution < 1.29 is 13.2 Å². The summed E-state index contributed by atoms with van der Waals surface area (Å²) < 4.78 is 29.3. The molecule has 0 saturated heterocycles. The highest BCUT2D eigenvalue weighted by Gasteiger charge is 2.22. The van der Waals surface area contributed by atoms with Gasteiger partial charge >= 0.3 is 0 Å². The summed E-state index contributed by atoms with van der Waals surface area (Å²) in [5.74, 6) is 0.255. The highest BCUT2D eigenvalue weighted by atomic mass is 32.2. The number of ether oxygens (including phenoxy) is 1.